The van der Waals surface area contributed by atoms with Crippen LogP contribution in [0.1, 0.15) is 39.0 Å². The van der Waals surface area contributed by atoms with Gasteiger partial charge in [0, 0.05) is 36.1 Å². The molecule has 1 aromatic heterocycles. The van der Waals surface area contributed by atoms with E-state index in [1.165, 1.54) is 0 Å². The van der Waals surface area contributed by atoms with E-state index in [1.54, 1.807) is 27.0 Å². The van der Waals surface area contributed by atoms with Gasteiger partial charge in [-0.1, -0.05) is 13.8 Å². The van der Waals surface area contributed by atoms with Crippen molar-refractivity contribution in [2.45, 2.75) is 59.4 Å². The third kappa shape index (κ3) is 5.87. The van der Waals surface area contributed by atoms with Crippen LogP contribution in [0.15, 0.2) is 6.20 Å². The third-order valence-electron chi connectivity index (χ3n) is 3.00. The zero-order valence-electron chi connectivity index (χ0n) is 13.1. The van der Waals surface area contributed by atoms with Crippen LogP contribution in [0.4, 0.5) is 19.1 Å². The third-order valence-corrected chi connectivity index (χ3v) is 3.00. The standard InChI is InChI=1S/C14H23F3N4/c1-9(2)18-6-12-7-19-13(20-11(12)5)21(10(3)4)8-14(15,16)17/h7,9-10,18H,6,8H2,1-5H3. The molecular weight excluding hydrogens is 281 g/mol. The van der Waals surface area contributed by atoms with Crippen molar-refractivity contribution in [3.63, 3.8) is 0 Å². The first-order valence-corrected chi connectivity index (χ1v) is 6.99. The highest BCUT2D eigenvalue weighted by molar-refractivity contribution is 5.34. The van der Waals surface area contributed by atoms with Gasteiger partial charge in [-0.05, 0) is 20.8 Å². The summed E-state index contributed by atoms with van der Waals surface area (Å²) in [6.07, 6.45) is -2.68. The smallest absolute Gasteiger partial charge is 0.329 e. The first kappa shape index (κ1) is 17.7. The van der Waals surface area contributed by atoms with Gasteiger partial charge in [-0.2, -0.15) is 13.2 Å². The lowest BCUT2D eigenvalue weighted by Gasteiger charge is -2.28. The van der Waals surface area contributed by atoms with E-state index < -0.39 is 12.7 Å². The summed E-state index contributed by atoms with van der Waals surface area (Å²) >= 11 is 0. The number of alkyl halides is 3. The zero-order valence-corrected chi connectivity index (χ0v) is 13.1. The largest absolute Gasteiger partial charge is 0.406 e. The summed E-state index contributed by atoms with van der Waals surface area (Å²) < 4.78 is 37.9. The van der Waals surface area contributed by atoms with Gasteiger partial charge >= 0.3 is 6.18 Å². The fourth-order valence-corrected chi connectivity index (χ4v) is 1.78. The van der Waals surface area contributed by atoms with E-state index in [-0.39, 0.29) is 12.0 Å². The highest BCUT2D eigenvalue weighted by Crippen LogP contribution is 2.22. The average molecular weight is 304 g/mol. The molecule has 7 heteroatoms. The van der Waals surface area contributed by atoms with Gasteiger partial charge in [0.15, 0.2) is 0 Å². The van der Waals surface area contributed by atoms with Crippen LogP contribution < -0.4 is 10.2 Å². The number of rotatable bonds is 6. The molecule has 0 atom stereocenters. The molecule has 0 aromatic carbocycles. The number of hydrogen-bond donors (Lipinski definition) is 1. The van der Waals surface area contributed by atoms with Crippen molar-refractivity contribution in [3.8, 4) is 0 Å². The Labute approximate surface area is 123 Å². The van der Waals surface area contributed by atoms with Gasteiger partial charge in [-0.15, -0.1) is 0 Å². The fourth-order valence-electron chi connectivity index (χ4n) is 1.78. The summed E-state index contributed by atoms with van der Waals surface area (Å²) in [6.45, 7) is 8.77. The molecule has 0 aliphatic carbocycles. The van der Waals surface area contributed by atoms with Crippen molar-refractivity contribution in [2.24, 2.45) is 0 Å². The molecule has 1 rings (SSSR count). The first-order valence-electron chi connectivity index (χ1n) is 6.99. The molecule has 0 spiro atoms. The van der Waals surface area contributed by atoms with Crippen molar-refractivity contribution in [2.75, 3.05) is 11.4 Å². The molecule has 0 unspecified atom stereocenters. The van der Waals surface area contributed by atoms with E-state index in [1.807, 2.05) is 13.8 Å². The summed E-state index contributed by atoms with van der Waals surface area (Å²) in [5.74, 6) is 0.119. The summed E-state index contributed by atoms with van der Waals surface area (Å²) in [5, 5.41) is 3.24. The first-order chi connectivity index (χ1) is 9.60. The highest BCUT2D eigenvalue weighted by atomic mass is 19.4. The highest BCUT2D eigenvalue weighted by Gasteiger charge is 2.33. The normalized spacial score (nSPS) is 12.3. The summed E-state index contributed by atoms with van der Waals surface area (Å²) in [5.41, 5.74) is 1.59. The molecule has 0 aliphatic rings. The average Bonchev–Trinajstić information content (AvgIpc) is 2.33. The predicted molar refractivity (Wildman–Crippen MR) is 77.3 cm³/mol. The Bertz CT molecular complexity index is 458. The van der Waals surface area contributed by atoms with Crippen LogP contribution in [0, 0.1) is 6.92 Å². The van der Waals surface area contributed by atoms with Crippen LogP contribution >= 0.6 is 0 Å². The number of aromatic nitrogens is 2. The quantitative estimate of drug-likeness (QED) is 0.877. The molecule has 21 heavy (non-hydrogen) atoms. The summed E-state index contributed by atoms with van der Waals surface area (Å²) in [7, 11) is 0. The van der Waals surface area contributed by atoms with Crippen molar-refractivity contribution < 1.29 is 13.2 Å². The second-order valence-electron chi connectivity index (χ2n) is 5.65. The van der Waals surface area contributed by atoms with Crippen molar-refractivity contribution in [1.82, 2.24) is 15.3 Å². The van der Waals surface area contributed by atoms with Gasteiger partial charge in [0.25, 0.3) is 0 Å². The fraction of sp³-hybridized carbons (Fsp3) is 0.714. The van der Waals surface area contributed by atoms with Gasteiger partial charge in [-0.25, -0.2) is 9.97 Å². The molecule has 1 heterocycles. The molecule has 0 radical (unpaired) electrons. The van der Waals surface area contributed by atoms with Gasteiger partial charge in [0.1, 0.15) is 6.54 Å². The van der Waals surface area contributed by atoms with E-state index >= 15 is 0 Å². The predicted octanol–water partition coefficient (Wildman–Crippen LogP) is 3.06. The van der Waals surface area contributed by atoms with Crippen molar-refractivity contribution in [1.29, 1.82) is 0 Å². The van der Waals surface area contributed by atoms with Gasteiger partial charge in [-0.3, -0.25) is 0 Å². The molecule has 1 aromatic rings. The molecular formula is C14H23F3N4. The minimum absolute atomic E-state index is 0.119. The van der Waals surface area contributed by atoms with Crippen LogP contribution in [0.5, 0.6) is 0 Å². The Morgan fingerprint density at radius 3 is 2.29 bits per heavy atom. The molecule has 0 amide bonds. The summed E-state index contributed by atoms with van der Waals surface area (Å²) in [6, 6.07) is -0.00728. The van der Waals surface area contributed by atoms with E-state index in [9.17, 15) is 13.2 Å². The SMILES string of the molecule is Cc1nc(N(CC(F)(F)F)C(C)C)ncc1CNC(C)C. The maximum atomic E-state index is 12.6. The number of hydrogen-bond acceptors (Lipinski definition) is 4. The number of halogens is 3. The Morgan fingerprint density at radius 2 is 1.86 bits per heavy atom. The van der Waals surface area contributed by atoms with E-state index in [0.717, 1.165) is 10.5 Å². The Morgan fingerprint density at radius 1 is 1.24 bits per heavy atom. The Balaban J connectivity index is 2.93. The van der Waals surface area contributed by atoms with Crippen LogP contribution in [0.25, 0.3) is 0 Å². The molecule has 0 saturated carbocycles. The Hall–Kier alpha value is -1.37. The molecule has 0 bridgehead atoms. The second kappa shape index (κ2) is 7.06. The lowest BCUT2D eigenvalue weighted by Crippen LogP contribution is -2.40. The zero-order chi connectivity index (χ0) is 16.2. The minimum Gasteiger partial charge on any atom is -0.329 e. The molecule has 0 aliphatic heterocycles. The molecule has 4 nitrogen and oxygen atoms in total. The molecule has 0 fully saturated rings. The number of aryl methyl sites for hydroxylation is 1. The van der Waals surface area contributed by atoms with Gasteiger partial charge in [0.05, 0.1) is 0 Å². The number of nitrogens with one attached hydrogen (secondary N) is 1. The maximum Gasteiger partial charge on any atom is 0.406 e. The molecule has 1 N–H and O–H groups in total. The van der Waals surface area contributed by atoms with E-state index in [2.05, 4.69) is 15.3 Å². The van der Waals surface area contributed by atoms with Gasteiger partial charge in [0.2, 0.25) is 5.95 Å². The molecule has 120 valence electrons. The van der Waals surface area contributed by atoms with E-state index in [4.69, 9.17) is 0 Å². The van der Waals surface area contributed by atoms with E-state index in [0.29, 0.717) is 18.3 Å². The van der Waals surface area contributed by atoms with Crippen LogP contribution in [0.2, 0.25) is 0 Å². The van der Waals surface area contributed by atoms with Crippen molar-refractivity contribution in [3.05, 3.63) is 17.5 Å². The summed E-state index contributed by atoms with van der Waals surface area (Å²) in [4.78, 5) is 9.49. The minimum atomic E-state index is -4.28. The lowest BCUT2D eigenvalue weighted by molar-refractivity contribution is -0.120. The number of anilines is 1. The second-order valence-corrected chi connectivity index (χ2v) is 5.65. The van der Waals surface area contributed by atoms with Gasteiger partial charge < -0.3 is 10.2 Å². The van der Waals surface area contributed by atoms with Crippen LogP contribution in [-0.2, 0) is 6.54 Å². The molecule has 0 saturated heterocycles. The maximum absolute atomic E-state index is 12.6. The number of nitrogens with zero attached hydrogens (tertiary/aromatic N) is 3. The van der Waals surface area contributed by atoms with Crippen LogP contribution in [0.3, 0.4) is 0 Å². The topological polar surface area (TPSA) is 41.1 Å². The van der Waals surface area contributed by atoms with Crippen LogP contribution in [-0.4, -0.2) is 34.8 Å². The Kier molecular flexibility index (Phi) is 5.95. The lowest BCUT2D eigenvalue weighted by atomic mass is 10.2. The monoisotopic (exact) mass is 304 g/mol. The van der Waals surface area contributed by atoms with Crippen molar-refractivity contribution >= 4 is 5.95 Å².